The molecule has 1 aromatic rings. The van der Waals surface area contributed by atoms with E-state index in [-0.39, 0.29) is 5.78 Å². The molecule has 60 valence electrons. The maximum atomic E-state index is 10.7. The van der Waals surface area contributed by atoms with Crippen molar-refractivity contribution in [3.05, 3.63) is 11.4 Å². The molecule has 0 aliphatic rings. The van der Waals surface area contributed by atoms with Gasteiger partial charge in [0.1, 0.15) is 5.78 Å². The van der Waals surface area contributed by atoms with Crippen molar-refractivity contribution in [1.82, 2.24) is 15.4 Å². The molecule has 0 amide bonds. The Morgan fingerprint density at radius 2 is 2.09 bits per heavy atom. The molecule has 0 unspecified atom stereocenters. The maximum absolute atomic E-state index is 10.7. The van der Waals surface area contributed by atoms with E-state index in [1.165, 1.54) is 0 Å². The zero-order valence-corrected chi connectivity index (χ0v) is 6.72. The van der Waals surface area contributed by atoms with Crippen LogP contribution in [0.1, 0.15) is 25.2 Å². The average molecular weight is 153 g/mol. The van der Waals surface area contributed by atoms with Crippen molar-refractivity contribution in [2.45, 2.75) is 26.7 Å². The number of hydrogen-bond donors (Lipinski definition) is 1. The second-order valence-electron chi connectivity index (χ2n) is 2.45. The third-order valence-corrected chi connectivity index (χ3v) is 1.45. The molecular formula is C7H11N3O. The predicted octanol–water partition coefficient (Wildman–Crippen LogP) is 0.499. The quantitative estimate of drug-likeness (QED) is 0.687. The molecule has 1 aromatic heterocycles. The molecule has 0 aromatic carbocycles. The van der Waals surface area contributed by atoms with Crippen molar-refractivity contribution in [3.63, 3.8) is 0 Å². The van der Waals surface area contributed by atoms with Crippen molar-refractivity contribution in [1.29, 1.82) is 0 Å². The molecule has 0 fully saturated rings. The van der Waals surface area contributed by atoms with Crippen LogP contribution in [0.15, 0.2) is 0 Å². The number of Topliss-reactive ketones (excluding diaryl/α,β-unsaturated/α-hetero) is 1. The highest BCUT2D eigenvalue weighted by Gasteiger charge is 2.06. The van der Waals surface area contributed by atoms with E-state index in [4.69, 9.17) is 0 Å². The van der Waals surface area contributed by atoms with Crippen molar-refractivity contribution in [3.8, 4) is 0 Å². The first-order valence-electron chi connectivity index (χ1n) is 3.62. The van der Waals surface area contributed by atoms with Gasteiger partial charge in [-0.1, -0.05) is 6.92 Å². The van der Waals surface area contributed by atoms with Gasteiger partial charge < -0.3 is 0 Å². The molecule has 0 aliphatic carbocycles. The number of carbonyl (C=O) groups excluding carboxylic acids is 1. The van der Waals surface area contributed by atoms with E-state index in [1.54, 1.807) is 6.92 Å². The fourth-order valence-electron chi connectivity index (χ4n) is 0.935. The van der Waals surface area contributed by atoms with Gasteiger partial charge in [0, 0.05) is 0 Å². The standard InChI is InChI=1S/C7H11N3O/c1-3-6-7(4-5(2)11)9-10-8-6/h3-4H2,1-2H3,(H,8,9,10). The van der Waals surface area contributed by atoms with E-state index in [1.807, 2.05) is 6.92 Å². The topological polar surface area (TPSA) is 58.6 Å². The molecule has 0 aliphatic heterocycles. The molecule has 0 saturated carbocycles. The van der Waals surface area contributed by atoms with Crippen molar-refractivity contribution in [2.75, 3.05) is 0 Å². The van der Waals surface area contributed by atoms with Gasteiger partial charge in [0.25, 0.3) is 0 Å². The fraction of sp³-hybridized carbons (Fsp3) is 0.571. The van der Waals surface area contributed by atoms with E-state index in [9.17, 15) is 4.79 Å². The summed E-state index contributed by atoms with van der Waals surface area (Å²) in [5.41, 5.74) is 1.67. The first-order valence-corrected chi connectivity index (χ1v) is 3.62. The zero-order chi connectivity index (χ0) is 8.27. The molecule has 0 spiro atoms. The second kappa shape index (κ2) is 3.27. The molecule has 0 radical (unpaired) electrons. The summed E-state index contributed by atoms with van der Waals surface area (Å²) >= 11 is 0. The van der Waals surface area contributed by atoms with Crippen LogP contribution < -0.4 is 0 Å². The van der Waals surface area contributed by atoms with Crippen molar-refractivity contribution in [2.24, 2.45) is 0 Å². The number of aromatic amines is 1. The minimum Gasteiger partial charge on any atom is -0.300 e. The third kappa shape index (κ3) is 1.86. The molecule has 0 atom stereocenters. The summed E-state index contributed by atoms with van der Waals surface area (Å²) in [7, 11) is 0. The van der Waals surface area contributed by atoms with Crippen LogP contribution in [-0.4, -0.2) is 21.2 Å². The number of aromatic nitrogens is 3. The number of aryl methyl sites for hydroxylation is 1. The molecular weight excluding hydrogens is 142 g/mol. The number of H-pyrrole nitrogens is 1. The van der Waals surface area contributed by atoms with Gasteiger partial charge in [-0.2, -0.15) is 15.4 Å². The van der Waals surface area contributed by atoms with Gasteiger partial charge in [0.2, 0.25) is 0 Å². The number of rotatable bonds is 3. The second-order valence-corrected chi connectivity index (χ2v) is 2.45. The average Bonchev–Trinajstić information content (AvgIpc) is 2.34. The van der Waals surface area contributed by atoms with Crippen LogP contribution in [-0.2, 0) is 17.6 Å². The van der Waals surface area contributed by atoms with E-state index < -0.39 is 0 Å². The van der Waals surface area contributed by atoms with Crippen LogP contribution in [0.3, 0.4) is 0 Å². The summed E-state index contributed by atoms with van der Waals surface area (Å²) < 4.78 is 0. The molecule has 0 bridgehead atoms. The Hall–Kier alpha value is -1.19. The lowest BCUT2D eigenvalue weighted by molar-refractivity contribution is -0.116. The molecule has 1 heterocycles. The van der Waals surface area contributed by atoms with Crippen LogP contribution in [0.4, 0.5) is 0 Å². The Kier molecular flexibility index (Phi) is 2.36. The number of hydrogen-bond acceptors (Lipinski definition) is 3. The van der Waals surface area contributed by atoms with Gasteiger partial charge in [0.05, 0.1) is 17.8 Å². The highest BCUT2D eigenvalue weighted by atomic mass is 16.1. The smallest absolute Gasteiger partial charge is 0.135 e. The van der Waals surface area contributed by atoms with E-state index >= 15 is 0 Å². The molecule has 4 nitrogen and oxygen atoms in total. The van der Waals surface area contributed by atoms with Gasteiger partial charge in [-0.05, 0) is 13.3 Å². The van der Waals surface area contributed by atoms with E-state index in [0.29, 0.717) is 6.42 Å². The minimum atomic E-state index is 0.119. The molecule has 1 N–H and O–H groups in total. The summed E-state index contributed by atoms with van der Waals surface area (Å²) in [5.74, 6) is 0.119. The normalized spacial score (nSPS) is 10.0. The number of nitrogens with zero attached hydrogens (tertiary/aromatic N) is 2. The lowest BCUT2D eigenvalue weighted by atomic mass is 10.2. The van der Waals surface area contributed by atoms with Crippen LogP contribution in [0.2, 0.25) is 0 Å². The first kappa shape index (κ1) is 7.91. The van der Waals surface area contributed by atoms with Crippen LogP contribution in [0.25, 0.3) is 0 Å². The van der Waals surface area contributed by atoms with E-state index in [0.717, 1.165) is 17.8 Å². The van der Waals surface area contributed by atoms with Crippen LogP contribution in [0.5, 0.6) is 0 Å². The maximum Gasteiger partial charge on any atom is 0.135 e. The molecule has 4 heteroatoms. The van der Waals surface area contributed by atoms with Crippen molar-refractivity contribution < 1.29 is 4.79 Å². The molecule has 0 saturated heterocycles. The molecule has 11 heavy (non-hydrogen) atoms. The number of carbonyl (C=O) groups is 1. The number of nitrogens with one attached hydrogen (secondary N) is 1. The Morgan fingerprint density at radius 1 is 1.45 bits per heavy atom. The highest BCUT2D eigenvalue weighted by Crippen LogP contribution is 2.02. The van der Waals surface area contributed by atoms with Gasteiger partial charge >= 0.3 is 0 Å². The Bertz CT molecular complexity index is 254. The summed E-state index contributed by atoms with van der Waals surface area (Å²) in [6.07, 6.45) is 1.21. The third-order valence-electron chi connectivity index (χ3n) is 1.45. The SMILES string of the molecule is CCc1n[nH]nc1CC(C)=O. The first-order chi connectivity index (χ1) is 5.24. The highest BCUT2D eigenvalue weighted by molar-refractivity contribution is 5.77. The van der Waals surface area contributed by atoms with Crippen LogP contribution in [0, 0.1) is 0 Å². The monoisotopic (exact) mass is 153 g/mol. The minimum absolute atomic E-state index is 0.119. The Morgan fingerprint density at radius 3 is 2.64 bits per heavy atom. The van der Waals surface area contributed by atoms with Gasteiger partial charge in [-0.25, -0.2) is 0 Å². The fourth-order valence-corrected chi connectivity index (χ4v) is 0.935. The summed E-state index contributed by atoms with van der Waals surface area (Å²) in [6.45, 7) is 3.54. The van der Waals surface area contributed by atoms with Crippen molar-refractivity contribution >= 4 is 5.78 Å². The zero-order valence-electron chi connectivity index (χ0n) is 6.72. The van der Waals surface area contributed by atoms with Gasteiger partial charge in [-0.3, -0.25) is 4.79 Å². The summed E-state index contributed by atoms with van der Waals surface area (Å²) in [6, 6.07) is 0. The Labute approximate surface area is 65.0 Å². The largest absolute Gasteiger partial charge is 0.300 e. The summed E-state index contributed by atoms with van der Waals surface area (Å²) in [5, 5.41) is 10.3. The number of ketones is 1. The lowest BCUT2D eigenvalue weighted by Crippen LogP contribution is -1.99. The predicted molar refractivity (Wildman–Crippen MR) is 40.1 cm³/mol. The summed E-state index contributed by atoms with van der Waals surface area (Å²) in [4.78, 5) is 10.7. The van der Waals surface area contributed by atoms with Crippen LogP contribution >= 0.6 is 0 Å². The van der Waals surface area contributed by atoms with Gasteiger partial charge in [-0.15, -0.1) is 0 Å². The van der Waals surface area contributed by atoms with Gasteiger partial charge in [0.15, 0.2) is 0 Å². The molecule has 1 rings (SSSR count). The Balaban J connectivity index is 2.76. The van der Waals surface area contributed by atoms with E-state index in [2.05, 4.69) is 15.4 Å². The lowest BCUT2D eigenvalue weighted by Gasteiger charge is -1.91.